The van der Waals surface area contributed by atoms with Gasteiger partial charge in [0.1, 0.15) is 41.4 Å². The number of fused-ring (bicyclic) bond motifs is 3. The van der Waals surface area contributed by atoms with Crippen LogP contribution >= 0.6 is 0 Å². The molecule has 0 saturated carbocycles. The van der Waals surface area contributed by atoms with Crippen molar-refractivity contribution in [1.82, 2.24) is 19.9 Å². The van der Waals surface area contributed by atoms with E-state index in [1.807, 2.05) is 0 Å². The van der Waals surface area contributed by atoms with E-state index >= 15 is 4.39 Å². The smallest absolute Gasteiger partial charge is 0.319 e. The fourth-order valence-corrected chi connectivity index (χ4v) is 6.55. The van der Waals surface area contributed by atoms with E-state index in [0.29, 0.717) is 42.1 Å². The van der Waals surface area contributed by atoms with E-state index in [-0.39, 0.29) is 59.3 Å². The monoisotopic (exact) mass is 595 g/mol. The Morgan fingerprint density at radius 3 is 2.88 bits per heavy atom. The van der Waals surface area contributed by atoms with Gasteiger partial charge in [0.15, 0.2) is 5.82 Å². The summed E-state index contributed by atoms with van der Waals surface area (Å²) in [5.41, 5.74) is -0.146. The minimum absolute atomic E-state index is 0.0697. The Kier molecular flexibility index (Phi) is 7.72. The standard InChI is InChI=1S/C31H32F3N5O4/c1-2-20-23(33)7-6-17-11-19(40)12-21(25(17)20)27-26(34)28-22(14-36-27)29(35-9-3-5-24(41)42)38-30(37-28)43-16-31-8-4-10-39(31)15-18(32)13-31/h6-7,11-12,14,18,40H,2-5,8-10,13,15-16H2,1H3,(H,41,42)(H,35,37,38)/t18-,31+/m1/s1. The highest BCUT2D eigenvalue weighted by atomic mass is 19.1. The number of aromatic nitrogens is 3. The van der Waals surface area contributed by atoms with E-state index in [1.165, 1.54) is 30.5 Å². The van der Waals surface area contributed by atoms with Crippen LogP contribution in [0.4, 0.5) is 19.0 Å². The van der Waals surface area contributed by atoms with E-state index in [1.54, 1.807) is 6.92 Å². The third-order valence-electron chi connectivity index (χ3n) is 8.52. The summed E-state index contributed by atoms with van der Waals surface area (Å²) in [4.78, 5) is 26.3. The molecule has 2 aliphatic heterocycles. The number of benzene rings is 2. The molecule has 2 aromatic carbocycles. The van der Waals surface area contributed by atoms with E-state index in [0.717, 1.165) is 19.4 Å². The van der Waals surface area contributed by atoms with Crippen molar-refractivity contribution in [3.63, 3.8) is 0 Å². The minimum Gasteiger partial charge on any atom is -0.508 e. The van der Waals surface area contributed by atoms with Crippen molar-refractivity contribution >= 4 is 33.5 Å². The number of halogens is 3. The van der Waals surface area contributed by atoms with Crippen molar-refractivity contribution in [3.05, 3.63) is 47.7 Å². The Balaban J connectivity index is 1.44. The summed E-state index contributed by atoms with van der Waals surface area (Å²) < 4.78 is 51.6. The van der Waals surface area contributed by atoms with Gasteiger partial charge in [-0.05, 0) is 66.8 Å². The number of pyridine rings is 1. The Morgan fingerprint density at radius 2 is 2.09 bits per heavy atom. The van der Waals surface area contributed by atoms with Crippen LogP contribution in [0, 0.1) is 11.6 Å². The molecule has 0 aliphatic carbocycles. The molecule has 0 radical (unpaired) electrons. The normalized spacial score (nSPS) is 20.1. The summed E-state index contributed by atoms with van der Waals surface area (Å²) in [6.07, 6.45) is 3.02. The van der Waals surface area contributed by atoms with Crippen LogP contribution in [0.25, 0.3) is 32.9 Å². The summed E-state index contributed by atoms with van der Waals surface area (Å²) in [5, 5.41) is 23.7. The van der Waals surface area contributed by atoms with Gasteiger partial charge in [0.25, 0.3) is 0 Å². The third-order valence-corrected chi connectivity index (χ3v) is 8.52. The summed E-state index contributed by atoms with van der Waals surface area (Å²) in [6.45, 7) is 3.28. The fourth-order valence-electron chi connectivity index (χ4n) is 6.55. The predicted molar refractivity (Wildman–Crippen MR) is 155 cm³/mol. The first kappa shape index (κ1) is 28.9. The molecule has 6 rings (SSSR count). The molecule has 0 spiro atoms. The Labute approximate surface area is 245 Å². The predicted octanol–water partition coefficient (Wildman–Crippen LogP) is 5.62. The van der Waals surface area contributed by atoms with Gasteiger partial charge in [0.2, 0.25) is 0 Å². The van der Waals surface area contributed by atoms with Crippen molar-refractivity contribution in [2.75, 3.05) is 31.6 Å². The highest BCUT2D eigenvalue weighted by molar-refractivity contribution is 6.01. The number of aliphatic carboxylic acids is 1. The lowest BCUT2D eigenvalue weighted by molar-refractivity contribution is -0.137. The maximum absolute atomic E-state index is 16.5. The second-order valence-corrected chi connectivity index (χ2v) is 11.3. The van der Waals surface area contributed by atoms with Crippen LogP contribution in [-0.2, 0) is 11.2 Å². The lowest BCUT2D eigenvalue weighted by Crippen LogP contribution is -2.43. The zero-order chi connectivity index (χ0) is 30.3. The first-order valence-corrected chi connectivity index (χ1v) is 14.5. The zero-order valence-corrected chi connectivity index (χ0v) is 23.7. The third kappa shape index (κ3) is 5.39. The highest BCUT2D eigenvalue weighted by Crippen LogP contribution is 2.41. The van der Waals surface area contributed by atoms with Gasteiger partial charge >= 0.3 is 12.0 Å². The number of carbonyl (C=O) groups is 1. The van der Waals surface area contributed by atoms with E-state index in [4.69, 9.17) is 9.84 Å². The lowest BCUT2D eigenvalue weighted by atomic mass is 9.94. The van der Waals surface area contributed by atoms with Crippen LogP contribution < -0.4 is 10.1 Å². The summed E-state index contributed by atoms with van der Waals surface area (Å²) in [5.74, 6) is -2.13. The van der Waals surface area contributed by atoms with Crippen LogP contribution in [0.5, 0.6) is 11.8 Å². The van der Waals surface area contributed by atoms with Crippen LogP contribution in [0.3, 0.4) is 0 Å². The molecule has 2 saturated heterocycles. The number of aryl methyl sites for hydroxylation is 1. The van der Waals surface area contributed by atoms with Crippen molar-refractivity contribution in [2.45, 2.75) is 57.2 Å². The molecule has 9 nitrogen and oxygen atoms in total. The van der Waals surface area contributed by atoms with Crippen molar-refractivity contribution in [1.29, 1.82) is 0 Å². The number of rotatable bonds is 10. The van der Waals surface area contributed by atoms with Gasteiger partial charge < -0.3 is 20.3 Å². The van der Waals surface area contributed by atoms with E-state index in [2.05, 4.69) is 25.2 Å². The number of phenolic OH excluding ortho intramolecular Hbond substituents is 1. The molecule has 12 heteroatoms. The molecule has 0 bridgehead atoms. The fraction of sp³-hybridized carbons (Fsp3) is 0.419. The number of carboxylic acid groups (broad SMARTS) is 1. The van der Waals surface area contributed by atoms with Crippen molar-refractivity contribution in [3.8, 4) is 23.0 Å². The minimum atomic E-state index is -0.950. The Hall–Kier alpha value is -4.19. The van der Waals surface area contributed by atoms with Crippen LogP contribution in [0.15, 0.2) is 30.5 Å². The number of nitrogens with one attached hydrogen (secondary N) is 1. The maximum atomic E-state index is 16.5. The second kappa shape index (κ2) is 11.5. The number of aromatic hydroxyl groups is 1. The number of hydrogen-bond acceptors (Lipinski definition) is 8. The van der Waals surface area contributed by atoms with Gasteiger partial charge in [-0.3, -0.25) is 14.7 Å². The van der Waals surface area contributed by atoms with E-state index in [9.17, 15) is 18.7 Å². The van der Waals surface area contributed by atoms with Gasteiger partial charge in [0, 0.05) is 37.7 Å². The van der Waals surface area contributed by atoms with Crippen LogP contribution in [0.2, 0.25) is 0 Å². The number of ether oxygens (including phenoxy) is 1. The van der Waals surface area contributed by atoms with Gasteiger partial charge in [0.05, 0.1) is 10.9 Å². The zero-order valence-electron chi connectivity index (χ0n) is 23.7. The summed E-state index contributed by atoms with van der Waals surface area (Å²) in [7, 11) is 0. The molecule has 0 unspecified atom stereocenters. The molecular formula is C31H32F3N5O4. The molecule has 2 aromatic heterocycles. The number of anilines is 1. The maximum Gasteiger partial charge on any atom is 0.319 e. The molecular weight excluding hydrogens is 563 g/mol. The first-order valence-electron chi connectivity index (χ1n) is 14.5. The molecule has 226 valence electrons. The van der Waals surface area contributed by atoms with Gasteiger partial charge in [-0.2, -0.15) is 9.97 Å². The number of carboxylic acids is 1. The average molecular weight is 596 g/mol. The quantitative estimate of drug-likeness (QED) is 0.201. The molecule has 3 N–H and O–H groups in total. The topological polar surface area (TPSA) is 121 Å². The summed E-state index contributed by atoms with van der Waals surface area (Å²) >= 11 is 0. The van der Waals surface area contributed by atoms with Crippen molar-refractivity contribution in [2.24, 2.45) is 0 Å². The van der Waals surface area contributed by atoms with Crippen LogP contribution in [-0.4, -0.2) is 74.0 Å². The number of hydrogen-bond donors (Lipinski definition) is 3. The highest BCUT2D eigenvalue weighted by Gasteiger charge is 2.49. The SMILES string of the molecule is CCc1c(F)ccc2cc(O)cc(-c3ncc4c(NCCCC(=O)O)nc(OC[C@@]56CCCN5C[C@H](F)C6)nc4c3F)c12. The Bertz CT molecular complexity index is 1720. The molecule has 4 heterocycles. The average Bonchev–Trinajstić information content (AvgIpc) is 3.50. The van der Waals surface area contributed by atoms with Gasteiger partial charge in [-0.25, -0.2) is 13.2 Å². The molecule has 4 aromatic rings. The molecule has 2 atom stereocenters. The Morgan fingerprint density at radius 1 is 1.26 bits per heavy atom. The lowest BCUT2D eigenvalue weighted by Gasteiger charge is -2.30. The molecule has 43 heavy (non-hydrogen) atoms. The number of nitrogens with zero attached hydrogens (tertiary/aromatic N) is 4. The largest absolute Gasteiger partial charge is 0.508 e. The molecule has 0 amide bonds. The van der Waals surface area contributed by atoms with E-state index < -0.39 is 29.3 Å². The van der Waals surface area contributed by atoms with Gasteiger partial charge in [-0.15, -0.1) is 0 Å². The van der Waals surface area contributed by atoms with Crippen molar-refractivity contribution < 1.29 is 32.9 Å². The number of alkyl halides is 1. The summed E-state index contributed by atoms with van der Waals surface area (Å²) in [6, 6.07) is 5.56. The molecule has 2 aliphatic rings. The van der Waals surface area contributed by atoms with Gasteiger partial charge in [-0.1, -0.05) is 13.0 Å². The number of phenols is 1. The molecule has 2 fully saturated rings. The first-order chi connectivity index (χ1) is 20.7. The van der Waals surface area contributed by atoms with Crippen LogP contribution in [0.1, 0.15) is 44.6 Å². The second-order valence-electron chi connectivity index (χ2n) is 11.3.